The SMILES string of the molecule is Cc1cc(Oc2ccc(CN)c(Br)c2)ccc1F. The smallest absolute Gasteiger partial charge is 0.128 e. The van der Waals surface area contributed by atoms with Gasteiger partial charge in [-0.3, -0.25) is 0 Å². The largest absolute Gasteiger partial charge is 0.457 e. The van der Waals surface area contributed by atoms with Gasteiger partial charge in [-0.05, 0) is 48.4 Å². The second-order valence-corrected chi connectivity index (χ2v) is 4.82. The molecule has 0 heterocycles. The van der Waals surface area contributed by atoms with E-state index in [4.69, 9.17) is 10.5 Å². The first-order chi connectivity index (χ1) is 8.60. The van der Waals surface area contributed by atoms with E-state index < -0.39 is 0 Å². The van der Waals surface area contributed by atoms with Crippen LogP contribution in [0.2, 0.25) is 0 Å². The average molecular weight is 310 g/mol. The summed E-state index contributed by atoms with van der Waals surface area (Å²) in [5.41, 5.74) is 7.15. The monoisotopic (exact) mass is 309 g/mol. The van der Waals surface area contributed by atoms with Gasteiger partial charge in [0.25, 0.3) is 0 Å². The van der Waals surface area contributed by atoms with Crippen LogP contribution in [0.5, 0.6) is 11.5 Å². The van der Waals surface area contributed by atoms with Crippen molar-refractivity contribution in [2.75, 3.05) is 0 Å². The summed E-state index contributed by atoms with van der Waals surface area (Å²) in [6, 6.07) is 10.3. The molecule has 94 valence electrons. The average Bonchev–Trinajstić information content (AvgIpc) is 2.34. The summed E-state index contributed by atoms with van der Waals surface area (Å²) in [4.78, 5) is 0. The lowest BCUT2D eigenvalue weighted by molar-refractivity contribution is 0.479. The highest BCUT2D eigenvalue weighted by Crippen LogP contribution is 2.27. The minimum atomic E-state index is -0.234. The molecular formula is C14H13BrFNO. The minimum Gasteiger partial charge on any atom is -0.457 e. The maximum Gasteiger partial charge on any atom is 0.128 e. The van der Waals surface area contributed by atoms with Crippen molar-refractivity contribution in [2.24, 2.45) is 5.73 Å². The molecule has 0 aromatic heterocycles. The van der Waals surface area contributed by atoms with Gasteiger partial charge >= 0.3 is 0 Å². The third-order valence-corrected chi connectivity index (χ3v) is 3.35. The van der Waals surface area contributed by atoms with Crippen LogP contribution < -0.4 is 10.5 Å². The quantitative estimate of drug-likeness (QED) is 0.924. The molecule has 0 atom stereocenters. The first-order valence-corrected chi connectivity index (χ1v) is 6.32. The molecule has 0 bridgehead atoms. The van der Waals surface area contributed by atoms with Crippen molar-refractivity contribution in [2.45, 2.75) is 13.5 Å². The first-order valence-electron chi connectivity index (χ1n) is 5.52. The van der Waals surface area contributed by atoms with Gasteiger partial charge in [-0.1, -0.05) is 22.0 Å². The molecule has 0 unspecified atom stereocenters. The van der Waals surface area contributed by atoms with E-state index in [2.05, 4.69) is 15.9 Å². The van der Waals surface area contributed by atoms with Crippen molar-refractivity contribution in [1.82, 2.24) is 0 Å². The molecule has 0 aliphatic heterocycles. The van der Waals surface area contributed by atoms with Crippen molar-refractivity contribution in [3.63, 3.8) is 0 Å². The normalized spacial score (nSPS) is 10.4. The summed E-state index contributed by atoms with van der Waals surface area (Å²) in [7, 11) is 0. The molecule has 2 aromatic carbocycles. The Kier molecular flexibility index (Phi) is 3.99. The fraction of sp³-hybridized carbons (Fsp3) is 0.143. The van der Waals surface area contributed by atoms with E-state index in [1.165, 1.54) is 6.07 Å². The van der Waals surface area contributed by atoms with Crippen LogP contribution in [0.4, 0.5) is 4.39 Å². The van der Waals surface area contributed by atoms with Crippen LogP contribution in [0.3, 0.4) is 0 Å². The molecule has 4 heteroatoms. The molecule has 2 N–H and O–H groups in total. The number of nitrogens with two attached hydrogens (primary N) is 1. The topological polar surface area (TPSA) is 35.2 Å². The maximum atomic E-state index is 13.1. The molecule has 0 aliphatic rings. The molecule has 0 amide bonds. The minimum absolute atomic E-state index is 0.234. The van der Waals surface area contributed by atoms with Crippen LogP contribution >= 0.6 is 15.9 Å². The molecular weight excluding hydrogens is 297 g/mol. The van der Waals surface area contributed by atoms with E-state index in [0.717, 1.165) is 10.0 Å². The standard InChI is InChI=1S/C14H13BrFNO/c1-9-6-11(4-5-14(9)16)18-12-3-2-10(8-17)13(15)7-12/h2-7H,8,17H2,1H3. The first kappa shape index (κ1) is 13.1. The number of rotatable bonds is 3. The highest BCUT2D eigenvalue weighted by molar-refractivity contribution is 9.10. The van der Waals surface area contributed by atoms with Gasteiger partial charge in [-0.15, -0.1) is 0 Å². The molecule has 2 nitrogen and oxygen atoms in total. The molecule has 2 aromatic rings. The Morgan fingerprint density at radius 1 is 1.17 bits per heavy atom. The van der Waals surface area contributed by atoms with Gasteiger partial charge in [0.2, 0.25) is 0 Å². The number of halogens is 2. The highest BCUT2D eigenvalue weighted by atomic mass is 79.9. The van der Waals surface area contributed by atoms with Crippen LogP contribution in [0.25, 0.3) is 0 Å². The highest BCUT2D eigenvalue weighted by Gasteiger charge is 2.04. The maximum absolute atomic E-state index is 13.1. The summed E-state index contributed by atoms with van der Waals surface area (Å²) >= 11 is 3.43. The van der Waals surface area contributed by atoms with Crippen LogP contribution in [-0.4, -0.2) is 0 Å². The second kappa shape index (κ2) is 5.50. The zero-order chi connectivity index (χ0) is 13.1. The van der Waals surface area contributed by atoms with Crippen molar-refractivity contribution in [3.8, 4) is 11.5 Å². The van der Waals surface area contributed by atoms with Crippen molar-refractivity contribution in [3.05, 3.63) is 57.8 Å². The fourth-order valence-corrected chi connectivity index (χ4v) is 2.09. The Morgan fingerprint density at radius 2 is 1.83 bits per heavy atom. The molecule has 2 rings (SSSR count). The summed E-state index contributed by atoms with van der Waals surface area (Å²) in [6.07, 6.45) is 0. The van der Waals surface area contributed by atoms with Crippen LogP contribution in [0.1, 0.15) is 11.1 Å². The van der Waals surface area contributed by atoms with E-state index in [1.807, 2.05) is 18.2 Å². The van der Waals surface area contributed by atoms with E-state index >= 15 is 0 Å². The van der Waals surface area contributed by atoms with Gasteiger partial charge in [-0.2, -0.15) is 0 Å². The summed E-state index contributed by atoms with van der Waals surface area (Å²) in [5.74, 6) is 1.06. The van der Waals surface area contributed by atoms with E-state index in [1.54, 1.807) is 19.1 Å². The van der Waals surface area contributed by atoms with Gasteiger partial charge in [0.05, 0.1) is 0 Å². The number of hydrogen-bond donors (Lipinski definition) is 1. The summed E-state index contributed by atoms with van der Waals surface area (Å²) in [5, 5.41) is 0. The van der Waals surface area contributed by atoms with E-state index in [0.29, 0.717) is 23.6 Å². The zero-order valence-electron chi connectivity index (χ0n) is 9.91. The Hall–Kier alpha value is -1.39. The number of aryl methyl sites for hydroxylation is 1. The lowest BCUT2D eigenvalue weighted by atomic mass is 10.2. The predicted octanol–water partition coefficient (Wildman–Crippen LogP) is 4.15. The zero-order valence-corrected chi connectivity index (χ0v) is 11.5. The third-order valence-electron chi connectivity index (χ3n) is 2.61. The Bertz CT molecular complexity index is 572. The lowest BCUT2D eigenvalue weighted by Gasteiger charge is -2.09. The van der Waals surface area contributed by atoms with Crippen molar-refractivity contribution < 1.29 is 9.13 Å². The molecule has 0 saturated carbocycles. The third kappa shape index (κ3) is 2.89. The molecule has 0 saturated heterocycles. The van der Waals surface area contributed by atoms with E-state index in [9.17, 15) is 4.39 Å². The molecule has 0 aliphatic carbocycles. The number of hydrogen-bond acceptors (Lipinski definition) is 2. The number of benzene rings is 2. The number of ether oxygens (including phenoxy) is 1. The van der Waals surface area contributed by atoms with Gasteiger partial charge in [0, 0.05) is 11.0 Å². The van der Waals surface area contributed by atoms with Crippen molar-refractivity contribution in [1.29, 1.82) is 0 Å². The van der Waals surface area contributed by atoms with Gasteiger partial charge in [0.1, 0.15) is 17.3 Å². The Balaban J connectivity index is 2.23. The summed E-state index contributed by atoms with van der Waals surface area (Å²) < 4.78 is 19.7. The van der Waals surface area contributed by atoms with Gasteiger partial charge in [0.15, 0.2) is 0 Å². The van der Waals surface area contributed by atoms with Gasteiger partial charge < -0.3 is 10.5 Å². The molecule has 0 radical (unpaired) electrons. The van der Waals surface area contributed by atoms with Crippen LogP contribution in [0, 0.1) is 12.7 Å². The summed E-state index contributed by atoms with van der Waals surface area (Å²) in [6.45, 7) is 2.17. The fourth-order valence-electron chi connectivity index (χ4n) is 1.57. The Morgan fingerprint density at radius 3 is 2.44 bits per heavy atom. The van der Waals surface area contributed by atoms with Crippen molar-refractivity contribution >= 4 is 15.9 Å². The Labute approximate surface area is 114 Å². The molecule has 18 heavy (non-hydrogen) atoms. The predicted molar refractivity (Wildman–Crippen MR) is 73.2 cm³/mol. The second-order valence-electron chi connectivity index (χ2n) is 3.97. The molecule has 0 spiro atoms. The molecule has 0 fully saturated rings. The van der Waals surface area contributed by atoms with E-state index in [-0.39, 0.29) is 5.82 Å². The van der Waals surface area contributed by atoms with Crippen LogP contribution in [-0.2, 0) is 6.54 Å². The van der Waals surface area contributed by atoms with Crippen LogP contribution in [0.15, 0.2) is 40.9 Å². The lowest BCUT2D eigenvalue weighted by Crippen LogP contribution is -1.97. The van der Waals surface area contributed by atoms with Gasteiger partial charge in [-0.25, -0.2) is 4.39 Å².